The summed E-state index contributed by atoms with van der Waals surface area (Å²) in [4.78, 5) is 10.6. The van der Waals surface area contributed by atoms with E-state index in [0.717, 1.165) is 24.3 Å². The maximum absolute atomic E-state index is 10.9. The molecular weight excluding hydrogens is 224 g/mol. The highest BCUT2D eigenvalue weighted by Gasteiger charge is 2.13. The van der Waals surface area contributed by atoms with Gasteiger partial charge in [0.25, 0.3) is 5.69 Å². The van der Waals surface area contributed by atoms with E-state index in [1.54, 1.807) is 23.9 Å². The summed E-state index contributed by atoms with van der Waals surface area (Å²) >= 11 is 1.66. The largest absolute Gasteiger partial charge is 0.380 e. The summed E-state index contributed by atoms with van der Waals surface area (Å²) < 4.78 is 0. The Bertz CT molecular complexity index is 369. The lowest BCUT2D eigenvalue weighted by Gasteiger charge is -2.07. The lowest BCUT2D eigenvalue weighted by atomic mass is 10.2. The Morgan fingerprint density at radius 1 is 1.50 bits per heavy atom. The summed E-state index contributed by atoms with van der Waals surface area (Å²) in [6, 6.07) is 5.37. The summed E-state index contributed by atoms with van der Waals surface area (Å²) in [7, 11) is 0. The average molecular weight is 240 g/mol. The quantitative estimate of drug-likeness (QED) is 0.612. The van der Waals surface area contributed by atoms with Gasteiger partial charge in [-0.1, -0.05) is 13.0 Å². The van der Waals surface area contributed by atoms with Crippen LogP contribution in [0.4, 0.5) is 11.4 Å². The zero-order valence-corrected chi connectivity index (χ0v) is 10.3. The molecule has 0 aliphatic rings. The Kier molecular flexibility index (Phi) is 5.11. The lowest BCUT2D eigenvalue weighted by Crippen LogP contribution is -2.03. The van der Waals surface area contributed by atoms with Gasteiger partial charge in [0, 0.05) is 18.4 Å². The number of rotatable bonds is 6. The number of hydrogen-bond acceptors (Lipinski definition) is 4. The number of nitro groups is 1. The zero-order chi connectivity index (χ0) is 12.0. The van der Waals surface area contributed by atoms with E-state index in [2.05, 4.69) is 5.32 Å². The molecule has 0 aliphatic carbocycles. The van der Waals surface area contributed by atoms with Crippen LogP contribution < -0.4 is 5.32 Å². The molecule has 0 saturated carbocycles. The van der Waals surface area contributed by atoms with Crippen molar-refractivity contribution in [2.24, 2.45) is 0 Å². The molecule has 0 amide bonds. The van der Waals surface area contributed by atoms with Crippen molar-refractivity contribution < 1.29 is 4.92 Å². The Morgan fingerprint density at radius 3 is 2.81 bits per heavy atom. The summed E-state index contributed by atoms with van der Waals surface area (Å²) in [5.41, 5.74) is 1.76. The van der Waals surface area contributed by atoms with Crippen LogP contribution in [-0.4, -0.2) is 17.7 Å². The van der Waals surface area contributed by atoms with Gasteiger partial charge in [0.2, 0.25) is 0 Å². The predicted octanol–water partition coefficient (Wildman–Crippen LogP) is 3.28. The molecule has 88 valence electrons. The standard InChI is InChI=1S/C11H16N2O2S/c1-3-6-12-10-5-4-9(8-16-2)7-11(10)13(14)15/h4-5,7,12H,3,6,8H2,1-2H3. The number of nitro benzene ring substituents is 1. The molecule has 1 rings (SSSR count). The van der Waals surface area contributed by atoms with Crippen molar-refractivity contribution in [3.63, 3.8) is 0 Å². The zero-order valence-electron chi connectivity index (χ0n) is 9.53. The normalized spacial score (nSPS) is 10.1. The van der Waals surface area contributed by atoms with E-state index < -0.39 is 0 Å². The van der Waals surface area contributed by atoms with E-state index >= 15 is 0 Å². The summed E-state index contributed by atoms with van der Waals surface area (Å²) in [6.45, 7) is 2.78. The minimum Gasteiger partial charge on any atom is -0.380 e. The lowest BCUT2D eigenvalue weighted by molar-refractivity contribution is -0.384. The van der Waals surface area contributed by atoms with Crippen LogP contribution in [0.15, 0.2) is 18.2 Å². The van der Waals surface area contributed by atoms with E-state index in [1.807, 2.05) is 19.2 Å². The fourth-order valence-electron chi connectivity index (χ4n) is 1.39. The molecule has 0 heterocycles. The predicted molar refractivity (Wildman–Crippen MR) is 69.1 cm³/mol. The monoisotopic (exact) mass is 240 g/mol. The van der Waals surface area contributed by atoms with Gasteiger partial charge in [-0.15, -0.1) is 0 Å². The molecule has 16 heavy (non-hydrogen) atoms. The van der Waals surface area contributed by atoms with Gasteiger partial charge in [-0.3, -0.25) is 10.1 Å². The van der Waals surface area contributed by atoms with Crippen molar-refractivity contribution in [2.45, 2.75) is 19.1 Å². The van der Waals surface area contributed by atoms with Crippen molar-refractivity contribution in [1.29, 1.82) is 0 Å². The van der Waals surface area contributed by atoms with Crippen LogP contribution in [0.2, 0.25) is 0 Å². The Balaban J connectivity index is 2.94. The first-order valence-electron chi connectivity index (χ1n) is 5.19. The van der Waals surface area contributed by atoms with Crippen LogP contribution in [0.25, 0.3) is 0 Å². The van der Waals surface area contributed by atoms with E-state index in [9.17, 15) is 10.1 Å². The second-order valence-corrected chi connectivity index (χ2v) is 4.33. The van der Waals surface area contributed by atoms with Gasteiger partial charge in [0.15, 0.2) is 0 Å². The van der Waals surface area contributed by atoms with Crippen molar-refractivity contribution >= 4 is 23.1 Å². The number of nitrogens with one attached hydrogen (secondary N) is 1. The first-order chi connectivity index (χ1) is 7.69. The van der Waals surface area contributed by atoms with Gasteiger partial charge in [0.1, 0.15) is 5.69 Å². The molecule has 0 saturated heterocycles. The maximum atomic E-state index is 10.9. The third-order valence-corrected chi connectivity index (χ3v) is 2.76. The van der Waals surface area contributed by atoms with Crippen LogP contribution in [-0.2, 0) is 5.75 Å². The van der Waals surface area contributed by atoms with Crippen molar-refractivity contribution in [1.82, 2.24) is 0 Å². The SMILES string of the molecule is CCCNc1ccc(CSC)cc1[N+](=O)[O-]. The number of benzene rings is 1. The average Bonchev–Trinajstić information content (AvgIpc) is 2.27. The first-order valence-corrected chi connectivity index (χ1v) is 6.58. The number of anilines is 1. The third kappa shape index (κ3) is 3.41. The maximum Gasteiger partial charge on any atom is 0.292 e. The number of hydrogen-bond donors (Lipinski definition) is 1. The molecule has 0 aliphatic heterocycles. The molecule has 1 N–H and O–H groups in total. The van der Waals surface area contributed by atoms with Gasteiger partial charge < -0.3 is 5.32 Å². The van der Waals surface area contributed by atoms with E-state index in [-0.39, 0.29) is 10.6 Å². The van der Waals surface area contributed by atoms with E-state index in [4.69, 9.17) is 0 Å². The van der Waals surface area contributed by atoms with Crippen LogP contribution in [0.3, 0.4) is 0 Å². The molecule has 0 aromatic heterocycles. The minimum absolute atomic E-state index is 0.167. The summed E-state index contributed by atoms with van der Waals surface area (Å²) in [5.74, 6) is 0.800. The second kappa shape index (κ2) is 6.37. The molecule has 5 heteroatoms. The topological polar surface area (TPSA) is 55.2 Å². The Morgan fingerprint density at radius 2 is 2.25 bits per heavy atom. The molecule has 1 aromatic rings. The molecule has 0 spiro atoms. The van der Waals surface area contributed by atoms with Crippen molar-refractivity contribution in [3.05, 3.63) is 33.9 Å². The van der Waals surface area contributed by atoms with Gasteiger partial charge in [-0.25, -0.2) is 0 Å². The first kappa shape index (κ1) is 12.8. The van der Waals surface area contributed by atoms with Crippen molar-refractivity contribution in [3.8, 4) is 0 Å². The van der Waals surface area contributed by atoms with Crippen LogP contribution >= 0.6 is 11.8 Å². The van der Waals surface area contributed by atoms with Crippen LogP contribution in [0, 0.1) is 10.1 Å². The van der Waals surface area contributed by atoms with Gasteiger partial charge in [-0.05, 0) is 24.3 Å². The fraction of sp³-hybridized carbons (Fsp3) is 0.455. The Hall–Kier alpha value is -1.23. The molecule has 0 bridgehead atoms. The summed E-state index contributed by atoms with van der Waals surface area (Å²) in [6.07, 6.45) is 2.93. The fourth-order valence-corrected chi connectivity index (χ4v) is 1.91. The Labute approximate surface area is 99.6 Å². The van der Waals surface area contributed by atoms with E-state index in [0.29, 0.717) is 5.69 Å². The summed E-state index contributed by atoms with van der Waals surface area (Å²) in [5, 5.41) is 14.0. The molecule has 0 atom stereocenters. The number of thioether (sulfide) groups is 1. The van der Waals surface area contributed by atoms with Gasteiger partial charge in [0.05, 0.1) is 4.92 Å². The highest BCUT2D eigenvalue weighted by Crippen LogP contribution is 2.26. The second-order valence-electron chi connectivity index (χ2n) is 3.47. The van der Waals surface area contributed by atoms with E-state index in [1.165, 1.54) is 0 Å². The molecule has 0 fully saturated rings. The highest BCUT2D eigenvalue weighted by atomic mass is 32.2. The molecule has 0 unspecified atom stereocenters. The highest BCUT2D eigenvalue weighted by molar-refractivity contribution is 7.97. The van der Waals surface area contributed by atoms with Gasteiger partial charge in [-0.2, -0.15) is 11.8 Å². The van der Waals surface area contributed by atoms with Gasteiger partial charge >= 0.3 is 0 Å². The molecule has 1 aromatic carbocycles. The third-order valence-electron chi connectivity index (χ3n) is 2.14. The minimum atomic E-state index is -0.332. The van der Waals surface area contributed by atoms with Crippen LogP contribution in [0.5, 0.6) is 0 Å². The molecule has 4 nitrogen and oxygen atoms in total. The molecule has 0 radical (unpaired) electrons. The van der Waals surface area contributed by atoms with Crippen LogP contribution in [0.1, 0.15) is 18.9 Å². The smallest absolute Gasteiger partial charge is 0.292 e. The van der Waals surface area contributed by atoms with Crippen molar-refractivity contribution in [2.75, 3.05) is 18.1 Å². The number of nitrogens with zero attached hydrogens (tertiary/aromatic N) is 1. The molecular formula is C11H16N2O2S.